The predicted molar refractivity (Wildman–Crippen MR) is 83.5 cm³/mol. The first-order chi connectivity index (χ1) is 11.5. The lowest BCUT2D eigenvalue weighted by Gasteiger charge is -2.02. The number of anilines is 1. The van der Waals surface area contributed by atoms with Crippen LogP contribution in [0.4, 0.5) is 17.1 Å². The summed E-state index contributed by atoms with van der Waals surface area (Å²) < 4.78 is 10.3. The Bertz CT molecular complexity index is 851. The third-order valence-corrected chi connectivity index (χ3v) is 3.17. The minimum atomic E-state index is -0.559. The molecular weight excluding hydrogens is 320 g/mol. The summed E-state index contributed by atoms with van der Waals surface area (Å²) in [5, 5.41) is 25.7. The predicted octanol–water partition coefficient (Wildman–Crippen LogP) is 2.68. The lowest BCUT2D eigenvalue weighted by molar-refractivity contribution is -0.385. The van der Waals surface area contributed by atoms with E-state index in [1.807, 2.05) is 0 Å². The Morgan fingerprint density at radius 2 is 1.83 bits per heavy atom. The quantitative estimate of drug-likeness (QED) is 0.506. The molecule has 0 fully saturated rings. The Hall–Kier alpha value is -3.69. The fraction of sp³-hybridized carbons (Fsp3) is 0.0714. The van der Waals surface area contributed by atoms with Gasteiger partial charge in [0.05, 0.1) is 33.4 Å². The van der Waals surface area contributed by atoms with Crippen molar-refractivity contribution in [3.05, 3.63) is 62.2 Å². The van der Waals surface area contributed by atoms with E-state index in [9.17, 15) is 20.2 Å². The number of fused-ring (bicyclic) bond motifs is 1. The smallest absolute Gasteiger partial charge is 0.282 e. The number of benzene rings is 2. The zero-order chi connectivity index (χ0) is 17.1. The van der Waals surface area contributed by atoms with Crippen molar-refractivity contribution in [1.82, 2.24) is 0 Å². The van der Waals surface area contributed by atoms with Crippen LogP contribution in [0.25, 0.3) is 0 Å². The molecule has 2 aromatic carbocycles. The van der Waals surface area contributed by atoms with E-state index >= 15 is 0 Å². The average molecular weight is 330 g/mol. The summed E-state index contributed by atoms with van der Waals surface area (Å²) in [6.45, 7) is -0.000976. The number of nitrogens with one attached hydrogen (secondary N) is 1. The molecule has 24 heavy (non-hydrogen) atoms. The second kappa shape index (κ2) is 6.20. The molecular formula is C14H10N4O6. The molecule has 0 radical (unpaired) electrons. The average Bonchev–Trinajstić information content (AvgIpc) is 3.01. The minimum absolute atomic E-state index is 0.000976. The van der Waals surface area contributed by atoms with Crippen LogP contribution in [0.15, 0.2) is 41.5 Å². The lowest BCUT2D eigenvalue weighted by Crippen LogP contribution is -1.97. The van der Waals surface area contributed by atoms with E-state index in [0.29, 0.717) is 17.2 Å². The first-order valence-corrected chi connectivity index (χ1v) is 6.66. The second-order valence-corrected chi connectivity index (χ2v) is 4.70. The van der Waals surface area contributed by atoms with E-state index in [-0.39, 0.29) is 23.7 Å². The van der Waals surface area contributed by atoms with Gasteiger partial charge in [0.2, 0.25) is 6.79 Å². The molecule has 0 amide bonds. The number of hydrogen-bond donors (Lipinski definition) is 1. The first kappa shape index (κ1) is 15.2. The standard InChI is InChI=1S/C14H10N4O6/c19-17(20)11-3-1-2-10(5-11)16-15-7-9-4-13-14(24-8-23-13)6-12(9)18(21)22/h1-7,16H,8H2/b15-7-. The van der Waals surface area contributed by atoms with Gasteiger partial charge in [-0.15, -0.1) is 0 Å². The fourth-order valence-electron chi connectivity index (χ4n) is 2.07. The Balaban J connectivity index is 1.83. The SMILES string of the molecule is O=[N+]([O-])c1cccc(N/N=C\c2cc3c(cc2[N+](=O)[O-])OCO3)c1. The molecule has 0 spiro atoms. The van der Waals surface area contributed by atoms with Gasteiger partial charge < -0.3 is 9.47 Å². The molecule has 1 aliphatic rings. The van der Waals surface area contributed by atoms with E-state index in [0.717, 1.165) is 0 Å². The monoisotopic (exact) mass is 330 g/mol. The van der Waals surface area contributed by atoms with Crippen molar-refractivity contribution in [2.24, 2.45) is 5.10 Å². The third kappa shape index (κ3) is 3.06. The topological polar surface area (TPSA) is 129 Å². The maximum atomic E-state index is 11.1. The largest absolute Gasteiger partial charge is 0.454 e. The number of nitro groups is 2. The van der Waals surface area contributed by atoms with E-state index < -0.39 is 9.85 Å². The van der Waals surface area contributed by atoms with Gasteiger partial charge in [0.25, 0.3) is 11.4 Å². The third-order valence-electron chi connectivity index (χ3n) is 3.17. The Labute approximate surface area is 134 Å². The Morgan fingerprint density at radius 3 is 2.54 bits per heavy atom. The van der Waals surface area contributed by atoms with Crippen molar-refractivity contribution in [3.8, 4) is 11.5 Å². The van der Waals surface area contributed by atoms with Crippen LogP contribution in [0.5, 0.6) is 11.5 Å². The lowest BCUT2D eigenvalue weighted by atomic mass is 10.1. The van der Waals surface area contributed by atoms with Crippen LogP contribution < -0.4 is 14.9 Å². The van der Waals surface area contributed by atoms with Crippen LogP contribution in [0.1, 0.15) is 5.56 Å². The maximum Gasteiger partial charge on any atom is 0.282 e. The summed E-state index contributed by atoms with van der Waals surface area (Å²) in [6, 6.07) is 8.43. The molecule has 0 aromatic heterocycles. The molecule has 1 heterocycles. The number of hydrogen-bond acceptors (Lipinski definition) is 8. The highest BCUT2D eigenvalue weighted by Crippen LogP contribution is 2.37. The molecule has 2 aromatic rings. The second-order valence-electron chi connectivity index (χ2n) is 4.70. The van der Waals surface area contributed by atoms with Crippen molar-refractivity contribution in [3.63, 3.8) is 0 Å². The van der Waals surface area contributed by atoms with Crippen LogP contribution in [0.3, 0.4) is 0 Å². The maximum absolute atomic E-state index is 11.1. The normalized spacial score (nSPS) is 12.3. The highest BCUT2D eigenvalue weighted by atomic mass is 16.7. The summed E-state index contributed by atoms with van der Waals surface area (Å²) in [4.78, 5) is 20.8. The molecule has 3 rings (SSSR count). The molecule has 10 nitrogen and oxygen atoms in total. The molecule has 0 unspecified atom stereocenters. The van der Waals surface area contributed by atoms with Gasteiger partial charge in [-0.3, -0.25) is 25.7 Å². The number of non-ortho nitro benzene ring substituents is 1. The van der Waals surface area contributed by atoms with E-state index in [1.165, 1.54) is 36.5 Å². The summed E-state index contributed by atoms with van der Waals surface area (Å²) in [5.74, 6) is 0.683. The van der Waals surface area contributed by atoms with Gasteiger partial charge >= 0.3 is 0 Å². The minimum Gasteiger partial charge on any atom is -0.454 e. The fourth-order valence-corrected chi connectivity index (χ4v) is 2.07. The summed E-state index contributed by atoms with van der Waals surface area (Å²) >= 11 is 0. The van der Waals surface area contributed by atoms with Gasteiger partial charge in [-0.1, -0.05) is 6.07 Å². The van der Waals surface area contributed by atoms with Crippen LogP contribution in [0.2, 0.25) is 0 Å². The molecule has 0 saturated heterocycles. The Morgan fingerprint density at radius 1 is 1.08 bits per heavy atom. The molecule has 0 bridgehead atoms. The summed E-state index contributed by atoms with van der Waals surface area (Å²) in [6.07, 6.45) is 1.24. The van der Waals surface area contributed by atoms with Crippen LogP contribution in [-0.4, -0.2) is 22.9 Å². The summed E-state index contributed by atoms with van der Waals surface area (Å²) in [7, 11) is 0. The number of hydrazone groups is 1. The van der Waals surface area contributed by atoms with Gasteiger partial charge in [0.15, 0.2) is 11.5 Å². The van der Waals surface area contributed by atoms with Gasteiger partial charge in [-0.25, -0.2) is 0 Å². The first-order valence-electron chi connectivity index (χ1n) is 6.66. The zero-order valence-corrected chi connectivity index (χ0v) is 12.0. The van der Waals surface area contributed by atoms with Crippen molar-refractivity contribution >= 4 is 23.3 Å². The molecule has 0 saturated carbocycles. The number of nitro benzene ring substituents is 2. The molecule has 1 aliphatic heterocycles. The van der Waals surface area contributed by atoms with Crippen molar-refractivity contribution in [1.29, 1.82) is 0 Å². The molecule has 0 atom stereocenters. The van der Waals surface area contributed by atoms with Crippen LogP contribution in [-0.2, 0) is 0 Å². The number of rotatable bonds is 5. The van der Waals surface area contributed by atoms with Crippen LogP contribution >= 0.6 is 0 Å². The zero-order valence-electron chi connectivity index (χ0n) is 12.0. The van der Waals surface area contributed by atoms with E-state index in [4.69, 9.17) is 9.47 Å². The van der Waals surface area contributed by atoms with Crippen molar-refractivity contribution in [2.45, 2.75) is 0 Å². The molecule has 122 valence electrons. The molecule has 10 heteroatoms. The van der Waals surface area contributed by atoms with Crippen molar-refractivity contribution in [2.75, 3.05) is 12.2 Å². The number of nitrogens with zero attached hydrogens (tertiary/aromatic N) is 3. The summed E-state index contributed by atoms with van der Waals surface area (Å²) in [5.41, 5.74) is 2.90. The molecule has 0 aliphatic carbocycles. The van der Waals surface area contributed by atoms with Crippen LogP contribution in [0, 0.1) is 20.2 Å². The van der Waals surface area contributed by atoms with Gasteiger partial charge in [0.1, 0.15) is 0 Å². The molecule has 1 N–H and O–H groups in total. The van der Waals surface area contributed by atoms with Gasteiger partial charge in [-0.05, 0) is 12.1 Å². The highest BCUT2D eigenvalue weighted by Gasteiger charge is 2.22. The Kier molecular flexibility index (Phi) is 3.93. The highest BCUT2D eigenvalue weighted by molar-refractivity contribution is 5.87. The van der Waals surface area contributed by atoms with E-state index in [2.05, 4.69) is 10.5 Å². The van der Waals surface area contributed by atoms with E-state index in [1.54, 1.807) is 6.07 Å². The van der Waals surface area contributed by atoms with Crippen molar-refractivity contribution < 1.29 is 19.3 Å². The number of ether oxygens (including phenoxy) is 2. The van der Waals surface area contributed by atoms with Gasteiger partial charge in [0, 0.05) is 12.1 Å². The van der Waals surface area contributed by atoms with Gasteiger partial charge in [-0.2, -0.15) is 5.10 Å².